The number of carbonyl (C=O) groups excluding carboxylic acids is 2. The van der Waals surface area contributed by atoms with Gasteiger partial charge in [-0.15, -0.1) is 0 Å². The van der Waals surface area contributed by atoms with Crippen LogP contribution in [0, 0.1) is 6.92 Å². The number of rotatable bonds is 10. The van der Waals surface area contributed by atoms with E-state index in [2.05, 4.69) is 52.4 Å². The first-order chi connectivity index (χ1) is 16.3. The minimum Gasteiger partial charge on any atom is -0.352 e. The Labute approximate surface area is 211 Å². The number of hydrogen-bond acceptors (Lipinski definition) is 2. The summed E-state index contributed by atoms with van der Waals surface area (Å²) >= 11 is 3.53. The average molecular weight is 521 g/mol. The van der Waals surface area contributed by atoms with Crippen molar-refractivity contribution in [3.05, 3.63) is 106 Å². The van der Waals surface area contributed by atoms with E-state index in [0.717, 1.165) is 21.2 Å². The zero-order valence-electron chi connectivity index (χ0n) is 20.1. The van der Waals surface area contributed by atoms with Crippen LogP contribution in [0.2, 0.25) is 0 Å². The molecule has 34 heavy (non-hydrogen) atoms. The van der Waals surface area contributed by atoms with Gasteiger partial charge in [-0.2, -0.15) is 0 Å². The predicted octanol–water partition coefficient (Wildman–Crippen LogP) is 5.85. The first-order valence-electron chi connectivity index (χ1n) is 11.8. The summed E-state index contributed by atoms with van der Waals surface area (Å²) < 4.78 is 0.947. The second-order valence-corrected chi connectivity index (χ2v) is 9.92. The van der Waals surface area contributed by atoms with Gasteiger partial charge in [0.1, 0.15) is 6.04 Å². The highest BCUT2D eigenvalue weighted by Gasteiger charge is 2.30. The van der Waals surface area contributed by atoms with Gasteiger partial charge >= 0.3 is 0 Å². The molecule has 0 aliphatic heterocycles. The fourth-order valence-corrected chi connectivity index (χ4v) is 4.36. The van der Waals surface area contributed by atoms with E-state index in [1.165, 1.54) is 5.56 Å². The molecule has 2 amide bonds. The van der Waals surface area contributed by atoms with Crippen molar-refractivity contribution < 1.29 is 9.59 Å². The molecule has 178 valence electrons. The molecule has 0 aromatic heterocycles. The fourth-order valence-electron chi connectivity index (χ4n) is 3.92. The lowest BCUT2D eigenvalue weighted by Gasteiger charge is -2.32. The van der Waals surface area contributed by atoms with Gasteiger partial charge in [0.2, 0.25) is 11.8 Å². The predicted molar refractivity (Wildman–Crippen MR) is 141 cm³/mol. The first-order valence-corrected chi connectivity index (χ1v) is 12.5. The monoisotopic (exact) mass is 520 g/mol. The fraction of sp³-hybridized carbons (Fsp3) is 0.310. The quantitative estimate of drug-likeness (QED) is 0.364. The molecule has 0 fully saturated rings. The van der Waals surface area contributed by atoms with Crippen molar-refractivity contribution in [3.63, 3.8) is 0 Å². The highest BCUT2D eigenvalue weighted by molar-refractivity contribution is 9.10. The van der Waals surface area contributed by atoms with Crippen molar-refractivity contribution in [1.29, 1.82) is 0 Å². The van der Waals surface area contributed by atoms with E-state index in [1.807, 2.05) is 68.4 Å². The molecule has 5 heteroatoms. The largest absolute Gasteiger partial charge is 0.352 e. The summed E-state index contributed by atoms with van der Waals surface area (Å²) in [6, 6.07) is 25.4. The Morgan fingerprint density at radius 3 is 2.21 bits per heavy atom. The average Bonchev–Trinajstić information content (AvgIpc) is 2.81. The van der Waals surface area contributed by atoms with Gasteiger partial charge in [-0.25, -0.2) is 0 Å². The maximum atomic E-state index is 13.6. The molecule has 3 rings (SSSR count). The van der Waals surface area contributed by atoms with Gasteiger partial charge in [0.15, 0.2) is 0 Å². The minimum atomic E-state index is -0.603. The molecule has 1 atom stereocenters. The Balaban J connectivity index is 1.90. The molecular weight excluding hydrogens is 488 g/mol. The molecule has 0 heterocycles. The van der Waals surface area contributed by atoms with Crippen LogP contribution in [0.3, 0.4) is 0 Å². The zero-order chi connectivity index (χ0) is 24.5. The maximum Gasteiger partial charge on any atom is 0.243 e. The van der Waals surface area contributed by atoms with Crippen LogP contribution >= 0.6 is 15.9 Å². The smallest absolute Gasteiger partial charge is 0.243 e. The number of benzene rings is 3. The second-order valence-electron chi connectivity index (χ2n) is 9.01. The summed E-state index contributed by atoms with van der Waals surface area (Å²) in [5.74, 6) is -0.155. The summed E-state index contributed by atoms with van der Waals surface area (Å²) in [6.07, 6.45) is 1.44. The molecule has 0 aliphatic carbocycles. The van der Waals surface area contributed by atoms with Crippen molar-refractivity contribution in [1.82, 2.24) is 10.2 Å². The third-order valence-corrected chi connectivity index (χ3v) is 6.19. The highest BCUT2D eigenvalue weighted by Crippen LogP contribution is 2.19. The summed E-state index contributed by atoms with van der Waals surface area (Å²) in [5, 5.41) is 3.03. The SMILES string of the molecule is Cc1ccc(CCC(=O)N(Cc2cccc(Br)c2)[C@H](Cc2ccccc2)C(=O)NC(C)C)cc1. The third-order valence-electron chi connectivity index (χ3n) is 5.69. The van der Waals surface area contributed by atoms with Crippen LogP contribution in [0.1, 0.15) is 42.5 Å². The number of aryl methyl sites for hydroxylation is 2. The van der Waals surface area contributed by atoms with Gasteiger partial charge in [0.25, 0.3) is 0 Å². The molecule has 3 aromatic rings. The minimum absolute atomic E-state index is 0.0128. The van der Waals surface area contributed by atoms with Crippen molar-refractivity contribution >= 4 is 27.7 Å². The van der Waals surface area contributed by atoms with Gasteiger partial charge in [0, 0.05) is 29.9 Å². The molecular formula is C29H33BrN2O2. The Hall–Kier alpha value is -2.92. The van der Waals surface area contributed by atoms with Crippen LogP contribution < -0.4 is 5.32 Å². The number of hydrogen-bond donors (Lipinski definition) is 1. The van der Waals surface area contributed by atoms with Gasteiger partial charge in [-0.05, 0) is 56.0 Å². The molecule has 0 saturated heterocycles. The topological polar surface area (TPSA) is 49.4 Å². The molecule has 0 radical (unpaired) electrons. The van der Waals surface area contributed by atoms with Crippen LogP contribution in [-0.4, -0.2) is 28.8 Å². The summed E-state index contributed by atoms with van der Waals surface area (Å²) in [6.45, 7) is 6.30. The van der Waals surface area contributed by atoms with Gasteiger partial charge in [-0.3, -0.25) is 9.59 Å². The molecule has 3 aromatic carbocycles. The third kappa shape index (κ3) is 7.84. The lowest BCUT2D eigenvalue weighted by Crippen LogP contribution is -2.51. The van der Waals surface area contributed by atoms with Crippen LogP contribution in [0.5, 0.6) is 0 Å². The normalized spacial score (nSPS) is 11.8. The number of amides is 2. The number of halogens is 1. The Kier molecular flexibility index (Phi) is 9.46. The Morgan fingerprint density at radius 2 is 1.56 bits per heavy atom. The van der Waals surface area contributed by atoms with E-state index in [1.54, 1.807) is 4.90 Å². The lowest BCUT2D eigenvalue weighted by molar-refractivity contribution is -0.141. The van der Waals surface area contributed by atoms with E-state index in [4.69, 9.17) is 0 Å². The first kappa shape index (κ1) is 25.7. The standard InChI is InChI=1S/C29H33BrN2O2/c1-21(2)31-29(34)27(19-24-8-5-4-6-9-24)32(20-25-10-7-11-26(30)18-25)28(33)17-16-23-14-12-22(3)13-15-23/h4-15,18,21,27H,16-17,19-20H2,1-3H3,(H,31,34)/t27-/m1/s1. The van der Waals surface area contributed by atoms with Gasteiger partial charge in [0.05, 0.1) is 0 Å². The Bertz CT molecular complexity index is 1080. The van der Waals surface area contributed by atoms with Crippen molar-refractivity contribution in [2.24, 2.45) is 0 Å². The molecule has 0 aliphatic rings. The summed E-state index contributed by atoms with van der Waals surface area (Å²) in [5.41, 5.74) is 4.32. The molecule has 4 nitrogen and oxygen atoms in total. The van der Waals surface area contributed by atoms with Crippen molar-refractivity contribution in [2.75, 3.05) is 0 Å². The highest BCUT2D eigenvalue weighted by atomic mass is 79.9. The van der Waals surface area contributed by atoms with Crippen LogP contribution in [0.15, 0.2) is 83.3 Å². The molecule has 0 saturated carbocycles. The molecule has 1 N–H and O–H groups in total. The van der Waals surface area contributed by atoms with Crippen LogP contribution in [0.4, 0.5) is 0 Å². The van der Waals surface area contributed by atoms with Gasteiger partial charge < -0.3 is 10.2 Å². The number of nitrogens with one attached hydrogen (secondary N) is 1. The summed E-state index contributed by atoms with van der Waals surface area (Å²) in [4.78, 5) is 28.7. The van der Waals surface area contributed by atoms with Crippen molar-refractivity contribution in [2.45, 2.75) is 58.7 Å². The van der Waals surface area contributed by atoms with E-state index in [9.17, 15) is 9.59 Å². The number of carbonyl (C=O) groups is 2. The van der Waals surface area contributed by atoms with Crippen LogP contribution in [0.25, 0.3) is 0 Å². The number of nitrogens with zero attached hydrogens (tertiary/aromatic N) is 1. The lowest BCUT2D eigenvalue weighted by atomic mass is 10.0. The van der Waals surface area contributed by atoms with Crippen molar-refractivity contribution in [3.8, 4) is 0 Å². The zero-order valence-corrected chi connectivity index (χ0v) is 21.7. The molecule has 0 spiro atoms. The maximum absolute atomic E-state index is 13.6. The summed E-state index contributed by atoms with van der Waals surface area (Å²) in [7, 11) is 0. The Morgan fingerprint density at radius 1 is 0.882 bits per heavy atom. The second kappa shape index (κ2) is 12.5. The molecule has 0 unspecified atom stereocenters. The van der Waals surface area contributed by atoms with E-state index < -0.39 is 6.04 Å². The van der Waals surface area contributed by atoms with Crippen LogP contribution in [-0.2, 0) is 29.0 Å². The molecule has 0 bridgehead atoms. The van der Waals surface area contributed by atoms with E-state index >= 15 is 0 Å². The van der Waals surface area contributed by atoms with E-state index in [-0.39, 0.29) is 17.9 Å². The van der Waals surface area contributed by atoms with Gasteiger partial charge in [-0.1, -0.05) is 88.2 Å². The van der Waals surface area contributed by atoms with E-state index in [0.29, 0.717) is 25.8 Å².